The fourth-order valence-electron chi connectivity index (χ4n) is 1.98. The molecule has 3 aromatic rings. The first kappa shape index (κ1) is 12.1. The molecule has 0 amide bonds. The summed E-state index contributed by atoms with van der Waals surface area (Å²) in [6.07, 6.45) is 1.80. The van der Waals surface area contributed by atoms with Crippen molar-refractivity contribution in [3.8, 4) is 11.3 Å². The van der Waals surface area contributed by atoms with Crippen LogP contribution in [-0.4, -0.2) is 15.0 Å². The van der Waals surface area contributed by atoms with Crippen molar-refractivity contribution in [1.82, 2.24) is 15.0 Å². The van der Waals surface area contributed by atoms with Crippen LogP contribution in [0.2, 0.25) is 0 Å². The zero-order valence-electron chi connectivity index (χ0n) is 10.2. The second-order valence-corrected chi connectivity index (χ2v) is 5.19. The van der Waals surface area contributed by atoms with Crippen LogP contribution in [0.15, 0.2) is 65.3 Å². The summed E-state index contributed by atoms with van der Waals surface area (Å²) < 4.78 is 2.98. The van der Waals surface area contributed by atoms with Crippen molar-refractivity contribution in [2.24, 2.45) is 0 Å². The van der Waals surface area contributed by atoms with Gasteiger partial charge in [-0.3, -0.25) is 0 Å². The lowest BCUT2D eigenvalue weighted by Gasteiger charge is -2.06. The maximum absolute atomic E-state index is 4.17. The number of halogens is 1. The fourth-order valence-corrected chi connectivity index (χ4v) is 2.24. The standard InChI is InChI=1S/C15H12BrN3/c16-14-8-6-13(7-9-14)15-10-17-18-19(15)11-12-4-2-1-3-5-12/h1-10H,11H2. The summed E-state index contributed by atoms with van der Waals surface area (Å²) >= 11 is 3.44. The SMILES string of the molecule is Brc1ccc(-c2cnnn2Cc2ccccc2)cc1. The second-order valence-electron chi connectivity index (χ2n) is 4.27. The van der Waals surface area contributed by atoms with Gasteiger partial charge in [-0.2, -0.15) is 0 Å². The molecule has 4 heteroatoms. The van der Waals surface area contributed by atoms with Crippen molar-refractivity contribution >= 4 is 15.9 Å². The molecule has 0 aliphatic heterocycles. The normalized spacial score (nSPS) is 10.6. The van der Waals surface area contributed by atoms with Gasteiger partial charge < -0.3 is 0 Å². The van der Waals surface area contributed by atoms with Crippen molar-refractivity contribution in [2.75, 3.05) is 0 Å². The third kappa shape index (κ3) is 2.74. The number of nitrogens with zero attached hydrogens (tertiary/aromatic N) is 3. The summed E-state index contributed by atoms with van der Waals surface area (Å²) in [7, 11) is 0. The first-order chi connectivity index (χ1) is 9.33. The van der Waals surface area contributed by atoms with Crippen molar-refractivity contribution in [3.05, 3.63) is 70.8 Å². The van der Waals surface area contributed by atoms with Gasteiger partial charge in [0.05, 0.1) is 18.4 Å². The largest absolute Gasteiger partial charge is 0.240 e. The number of aromatic nitrogens is 3. The minimum absolute atomic E-state index is 0.728. The lowest BCUT2D eigenvalue weighted by molar-refractivity contribution is 0.655. The molecule has 94 valence electrons. The maximum atomic E-state index is 4.17. The topological polar surface area (TPSA) is 30.7 Å². The van der Waals surface area contributed by atoms with E-state index < -0.39 is 0 Å². The highest BCUT2D eigenvalue weighted by molar-refractivity contribution is 9.10. The van der Waals surface area contributed by atoms with Crippen LogP contribution in [0.25, 0.3) is 11.3 Å². The highest BCUT2D eigenvalue weighted by Crippen LogP contribution is 2.21. The summed E-state index contributed by atoms with van der Waals surface area (Å²) in [6.45, 7) is 0.728. The van der Waals surface area contributed by atoms with Crippen LogP contribution in [0, 0.1) is 0 Å². The van der Waals surface area contributed by atoms with Gasteiger partial charge in [0.2, 0.25) is 0 Å². The van der Waals surface area contributed by atoms with Gasteiger partial charge in [0.25, 0.3) is 0 Å². The molecule has 0 saturated heterocycles. The molecule has 0 N–H and O–H groups in total. The van der Waals surface area contributed by atoms with Crippen molar-refractivity contribution in [2.45, 2.75) is 6.54 Å². The quantitative estimate of drug-likeness (QED) is 0.737. The van der Waals surface area contributed by atoms with E-state index in [9.17, 15) is 0 Å². The first-order valence-corrected chi connectivity index (χ1v) is 6.80. The van der Waals surface area contributed by atoms with Gasteiger partial charge in [-0.25, -0.2) is 4.68 Å². The molecule has 19 heavy (non-hydrogen) atoms. The molecule has 0 spiro atoms. The monoisotopic (exact) mass is 313 g/mol. The van der Waals surface area contributed by atoms with Gasteiger partial charge in [-0.1, -0.05) is 63.6 Å². The third-order valence-electron chi connectivity index (χ3n) is 2.93. The van der Waals surface area contributed by atoms with E-state index in [-0.39, 0.29) is 0 Å². The third-order valence-corrected chi connectivity index (χ3v) is 3.46. The minimum atomic E-state index is 0.728. The molecule has 2 aromatic carbocycles. The van der Waals surface area contributed by atoms with E-state index in [0.717, 1.165) is 22.3 Å². The highest BCUT2D eigenvalue weighted by Gasteiger charge is 2.06. The average molecular weight is 314 g/mol. The maximum Gasteiger partial charge on any atom is 0.0889 e. The molecule has 3 rings (SSSR count). The molecule has 0 aliphatic carbocycles. The van der Waals surface area contributed by atoms with E-state index in [1.54, 1.807) is 6.20 Å². The Bertz CT molecular complexity index is 659. The highest BCUT2D eigenvalue weighted by atomic mass is 79.9. The Balaban J connectivity index is 1.92. The number of hydrogen-bond acceptors (Lipinski definition) is 2. The van der Waals surface area contributed by atoms with E-state index in [4.69, 9.17) is 0 Å². The molecule has 1 heterocycles. The lowest BCUT2D eigenvalue weighted by atomic mass is 10.1. The van der Waals surface area contributed by atoms with Gasteiger partial charge in [-0.15, -0.1) is 5.10 Å². The Kier molecular flexibility index (Phi) is 3.42. The predicted molar refractivity (Wildman–Crippen MR) is 78.7 cm³/mol. The van der Waals surface area contributed by atoms with Crippen LogP contribution < -0.4 is 0 Å². The van der Waals surface area contributed by atoms with Crippen LogP contribution in [0.1, 0.15) is 5.56 Å². The molecular weight excluding hydrogens is 302 g/mol. The molecule has 0 saturated carbocycles. The zero-order valence-corrected chi connectivity index (χ0v) is 11.8. The molecule has 0 aliphatic rings. The van der Waals surface area contributed by atoms with Crippen LogP contribution in [0.4, 0.5) is 0 Å². The number of rotatable bonds is 3. The molecule has 0 atom stereocenters. The van der Waals surface area contributed by atoms with Crippen molar-refractivity contribution < 1.29 is 0 Å². The molecule has 0 bridgehead atoms. The number of benzene rings is 2. The first-order valence-electron chi connectivity index (χ1n) is 6.01. The van der Waals surface area contributed by atoms with E-state index in [1.165, 1.54) is 5.56 Å². The van der Waals surface area contributed by atoms with Gasteiger partial charge in [-0.05, 0) is 17.7 Å². The summed E-state index contributed by atoms with van der Waals surface area (Å²) in [5.41, 5.74) is 3.35. The van der Waals surface area contributed by atoms with Crippen LogP contribution in [0.5, 0.6) is 0 Å². The van der Waals surface area contributed by atoms with E-state index in [0.29, 0.717) is 0 Å². The summed E-state index contributed by atoms with van der Waals surface area (Å²) in [4.78, 5) is 0. The van der Waals surface area contributed by atoms with Crippen LogP contribution in [-0.2, 0) is 6.54 Å². The zero-order chi connectivity index (χ0) is 13.1. The lowest BCUT2D eigenvalue weighted by Crippen LogP contribution is -2.03. The van der Waals surface area contributed by atoms with Crippen LogP contribution >= 0.6 is 15.9 Å². The minimum Gasteiger partial charge on any atom is -0.240 e. The average Bonchev–Trinajstić information content (AvgIpc) is 2.89. The Hall–Kier alpha value is -1.94. The second kappa shape index (κ2) is 5.36. The summed E-state index contributed by atoms with van der Waals surface area (Å²) in [5, 5.41) is 8.18. The number of hydrogen-bond donors (Lipinski definition) is 0. The molecule has 3 nitrogen and oxygen atoms in total. The van der Waals surface area contributed by atoms with E-state index >= 15 is 0 Å². The Morgan fingerprint density at radius 2 is 1.68 bits per heavy atom. The van der Waals surface area contributed by atoms with Crippen molar-refractivity contribution in [1.29, 1.82) is 0 Å². The molecule has 1 aromatic heterocycles. The van der Waals surface area contributed by atoms with Crippen LogP contribution in [0.3, 0.4) is 0 Å². The predicted octanol–water partition coefficient (Wildman–Crippen LogP) is 3.76. The van der Waals surface area contributed by atoms with Gasteiger partial charge in [0.15, 0.2) is 0 Å². The Labute approximate surface area is 120 Å². The van der Waals surface area contributed by atoms with Gasteiger partial charge in [0.1, 0.15) is 0 Å². The van der Waals surface area contributed by atoms with E-state index in [1.807, 2.05) is 35.0 Å². The Morgan fingerprint density at radius 1 is 0.947 bits per heavy atom. The van der Waals surface area contributed by atoms with Gasteiger partial charge in [0, 0.05) is 10.0 Å². The summed E-state index contributed by atoms with van der Waals surface area (Å²) in [6, 6.07) is 18.4. The molecule has 0 unspecified atom stereocenters. The molecule has 0 radical (unpaired) electrons. The van der Waals surface area contributed by atoms with Crippen molar-refractivity contribution in [3.63, 3.8) is 0 Å². The fraction of sp³-hybridized carbons (Fsp3) is 0.0667. The summed E-state index contributed by atoms with van der Waals surface area (Å²) in [5.74, 6) is 0. The van der Waals surface area contributed by atoms with Gasteiger partial charge >= 0.3 is 0 Å². The van der Waals surface area contributed by atoms with E-state index in [2.05, 4.69) is 50.5 Å². The molecular formula is C15H12BrN3. The molecule has 0 fully saturated rings. The smallest absolute Gasteiger partial charge is 0.0889 e. The Morgan fingerprint density at radius 3 is 2.42 bits per heavy atom.